The lowest BCUT2D eigenvalue weighted by Gasteiger charge is -2.29. The van der Waals surface area contributed by atoms with E-state index >= 15 is 0 Å². The summed E-state index contributed by atoms with van der Waals surface area (Å²) in [5.74, 6) is 2.54. The first-order valence-electron chi connectivity index (χ1n) is 13.7. The van der Waals surface area contributed by atoms with Gasteiger partial charge in [0.2, 0.25) is 5.95 Å². The van der Waals surface area contributed by atoms with Gasteiger partial charge in [0.1, 0.15) is 11.2 Å². The van der Waals surface area contributed by atoms with Gasteiger partial charge in [0.25, 0.3) is 5.56 Å². The maximum Gasteiger partial charge on any atom is 0.278 e. The smallest absolute Gasteiger partial charge is 0.278 e. The van der Waals surface area contributed by atoms with Gasteiger partial charge in [-0.1, -0.05) is 24.3 Å². The lowest BCUT2D eigenvalue weighted by Crippen LogP contribution is -2.44. The first-order chi connectivity index (χ1) is 19.1. The van der Waals surface area contributed by atoms with Crippen molar-refractivity contribution in [3.8, 4) is 5.82 Å². The van der Waals surface area contributed by atoms with Gasteiger partial charge in [0, 0.05) is 38.1 Å². The number of nitrogens with zero attached hydrogens (tertiary/aromatic N) is 7. The Bertz CT molecular complexity index is 1510. The van der Waals surface area contributed by atoms with Crippen molar-refractivity contribution in [3.05, 3.63) is 77.2 Å². The predicted molar refractivity (Wildman–Crippen MR) is 155 cm³/mol. The normalized spacial score (nSPS) is 17.0. The van der Waals surface area contributed by atoms with Crippen LogP contribution in [0.3, 0.4) is 0 Å². The van der Waals surface area contributed by atoms with Crippen molar-refractivity contribution in [2.24, 2.45) is 0 Å². The van der Waals surface area contributed by atoms with E-state index in [4.69, 9.17) is 9.97 Å². The Labute approximate surface area is 228 Å². The molecule has 10 heteroatoms. The van der Waals surface area contributed by atoms with Gasteiger partial charge < -0.3 is 20.4 Å². The highest BCUT2D eigenvalue weighted by molar-refractivity contribution is 5.77. The number of piperidine rings is 1. The molecule has 2 N–H and O–H groups in total. The van der Waals surface area contributed by atoms with Gasteiger partial charge in [0.05, 0.1) is 6.54 Å². The summed E-state index contributed by atoms with van der Waals surface area (Å²) in [6.45, 7) is 10.1. The largest absolute Gasteiger partial charge is 0.354 e. The van der Waals surface area contributed by atoms with Gasteiger partial charge in [-0.2, -0.15) is 4.98 Å². The molecular weight excluding hydrogens is 490 g/mol. The lowest BCUT2D eigenvalue weighted by molar-refractivity contribution is 0.255. The van der Waals surface area contributed by atoms with E-state index in [1.165, 1.54) is 18.4 Å². The Balaban J connectivity index is 1.32. The van der Waals surface area contributed by atoms with Crippen LogP contribution in [0.4, 0.5) is 17.5 Å². The number of hydrogen-bond acceptors (Lipinski definition) is 8. The van der Waals surface area contributed by atoms with Crippen molar-refractivity contribution in [2.75, 3.05) is 56.5 Å². The van der Waals surface area contributed by atoms with E-state index in [0.29, 0.717) is 35.3 Å². The average molecular weight is 526 g/mol. The van der Waals surface area contributed by atoms with E-state index in [-0.39, 0.29) is 5.56 Å². The minimum atomic E-state index is -0.173. The molecule has 0 atom stereocenters. The van der Waals surface area contributed by atoms with E-state index in [9.17, 15) is 4.79 Å². The zero-order chi connectivity index (χ0) is 26.8. The molecule has 39 heavy (non-hydrogen) atoms. The van der Waals surface area contributed by atoms with Crippen LogP contribution in [0.5, 0.6) is 0 Å². The first-order valence-corrected chi connectivity index (χ1v) is 13.7. The van der Waals surface area contributed by atoms with Crippen molar-refractivity contribution in [2.45, 2.75) is 25.3 Å². The summed E-state index contributed by atoms with van der Waals surface area (Å²) in [6.07, 6.45) is 5.67. The monoisotopic (exact) mass is 525 g/mol. The highest BCUT2D eigenvalue weighted by atomic mass is 16.1. The molecule has 4 aromatic rings. The van der Waals surface area contributed by atoms with E-state index < -0.39 is 0 Å². The third-order valence-electron chi connectivity index (χ3n) is 7.71. The molecule has 6 rings (SSSR count). The second-order valence-corrected chi connectivity index (χ2v) is 10.3. The summed E-state index contributed by atoms with van der Waals surface area (Å²) in [4.78, 5) is 32.1. The molecule has 2 aliphatic heterocycles. The number of allylic oxidation sites excluding steroid dienone is 1. The molecule has 10 nitrogen and oxygen atoms in total. The molecule has 2 fully saturated rings. The minimum absolute atomic E-state index is 0.173. The van der Waals surface area contributed by atoms with Crippen LogP contribution in [-0.4, -0.2) is 75.5 Å². The van der Waals surface area contributed by atoms with E-state index in [1.807, 2.05) is 18.2 Å². The van der Waals surface area contributed by atoms with Crippen molar-refractivity contribution < 1.29 is 0 Å². The lowest BCUT2D eigenvalue weighted by atomic mass is 9.89. The quantitative estimate of drug-likeness (QED) is 0.356. The molecule has 1 aromatic carbocycles. The second kappa shape index (κ2) is 11.0. The zero-order valence-electron chi connectivity index (χ0n) is 22.4. The Hall–Kier alpha value is -4.02. The molecule has 0 amide bonds. The number of pyridine rings is 1. The summed E-state index contributed by atoms with van der Waals surface area (Å²) in [5, 5.41) is 7.14. The van der Waals surface area contributed by atoms with E-state index in [0.717, 1.165) is 50.8 Å². The molecule has 202 valence electrons. The molecule has 0 spiro atoms. The van der Waals surface area contributed by atoms with Gasteiger partial charge in [-0.15, -0.1) is 6.58 Å². The topological polar surface area (TPSA) is 96.1 Å². The molecule has 0 saturated carbocycles. The number of nitrogens with one attached hydrogen (secondary N) is 2. The third-order valence-corrected chi connectivity index (χ3v) is 7.71. The van der Waals surface area contributed by atoms with Crippen LogP contribution >= 0.6 is 0 Å². The maximum absolute atomic E-state index is 13.3. The molecule has 2 aliphatic rings. The highest BCUT2D eigenvalue weighted by Gasteiger charge is 2.20. The second-order valence-electron chi connectivity index (χ2n) is 10.3. The van der Waals surface area contributed by atoms with Crippen LogP contribution in [0.25, 0.3) is 16.9 Å². The predicted octanol–water partition coefficient (Wildman–Crippen LogP) is 3.13. The number of likely N-dealkylation sites (tertiary alicyclic amines) is 1. The summed E-state index contributed by atoms with van der Waals surface area (Å²) in [6, 6.07) is 14.4. The summed E-state index contributed by atoms with van der Waals surface area (Å²) in [5.41, 5.74) is 2.61. The number of hydrogen-bond donors (Lipinski definition) is 2. The van der Waals surface area contributed by atoms with Crippen LogP contribution in [-0.2, 0) is 6.54 Å². The number of benzene rings is 1. The summed E-state index contributed by atoms with van der Waals surface area (Å²) < 4.78 is 3.39. The fourth-order valence-electron chi connectivity index (χ4n) is 5.52. The van der Waals surface area contributed by atoms with Gasteiger partial charge in [-0.05, 0) is 68.7 Å². The molecule has 0 unspecified atom stereocenters. The molecule has 2 saturated heterocycles. The SMILES string of the molecule is C=CCn1c(=O)c2cnc(Nc3ccc(C4CCN(C)CC4)cc3)nc2n1-c1cccc(N2CCNCC2)n1. The van der Waals surface area contributed by atoms with Crippen LogP contribution < -0.4 is 21.1 Å². The Morgan fingerprint density at radius 2 is 1.77 bits per heavy atom. The number of piperazine rings is 1. The van der Waals surface area contributed by atoms with Crippen molar-refractivity contribution in [3.63, 3.8) is 0 Å². The van der Waals surface area contributed by atoms with Crippen LogP contribution in [0, 0.1) is 0 Å². The number of anilines is 3. The zero-order valence-corrected chi connectivity index (χ0v) is 22.4. The Kier molecular flexibility index (Phi) is 7.12. The molecule has 0 radical (unpaired) electrons. The maximum atomic E-state index is 13.3. The number of fused-ring (bicyclic) bond motifs is 1. The van der Waals surface area contributed by atoms with Gasteiger partial charge in [-0.3, -0.25) is 4.79 Å². The summed E-state index contributed by atoms with van der Waals surface area (Å²) in [7, 11) is 2.18. The van der Waals surface area contributed by atoms with Crippen LogP contribution in [0.1, 0.15) is 24.3 Å². The summed E-state index contributed by atoms with van der Waals surface area (Å²) >= 11 is 0. The first kappa shape index (κ1) is 25.3. The molecule has 3 aromatic heterocycles. The van der Waals surface area contributed by atoms with Gasteiger partial charge in [-0.25, -0.2) is 19.3 Å². The molecule has 0 aliphatic carbocycles. The fraction of sp³-hybridized carbons (Fsp3) is 0.379. The standard InChI is InChI=1S/C29H35N9O/c1-3-15-37-28(39)24-20-31-29(32-23-9-7-21(8-10-23)22-11-16-35(2)17-12-22)34-27(24)38(37)26-6-4-5-25(33-26)36-18-13-30-14-19-36/h3-10,20,22,30H,1,11-19H2,2H3,(H,31,32,34). The third kappa shape index (κ3) is 5.17. The van der Waals surface area contributed by atoms with Crippen molar-refractivity contribution >= 4 is 28.5 Å². The van der Waals surface area contributed by atoms with Crippen molar-refractivity contribution in [1.29, 1.82) is 0 Å². The van der Waals surface area contributed by atoms with E-state index in [2.05, 4.69) is 63.3 Å². The van der Waals surface area contributed by atoms with Gasteiger partial charge in [0.15, 0.2) is 11.5 Å². The molecule has 5 heterocycles. The fourth-order valence-corrected chi connectivity index (χ4v) is 5.52. The Morgan fingerprint density at radius 1 is 1.03 bits per heavy atom. The molecular formula is C29H35N9O. The minimum Gasteiger partial charge on any atom is -0.354 e. The highest BCUT2D eigenvalue weighted by Crippen LogP contribution is 2.29. The van der Waals surface area contributed by atoms with Gasteiger partial charge >= 0.3 is 0 Å². The van der Waals surface area contributed by atoms with Crippen LogP contribution in [0.2, 0.25) is 0 Å². The number of aromatic nitrogens is 5. The van der Waals surface area contributed by atoms with Crippen LogP contribution in [0.15, 0.2) is 66.1 Å². The van der Waals surface area contributed by atoms with Crippen molar-refractivity contribution in [1.82, 2.24) is 34.5 Å². The van der Waals surface area contributed by atoms with E-state index in [1.54, 1.807) is 21.6 Å². The molecule has 0 bridgehead atoms. The Morgan fingerprint density at radius 3 is 2.51 bits per heavy atom. The number of rotatable bonds is 7. The average Bonchev–Trinajstić information content (AvgIpc) is 3.25.